The maximum absolute atomic E-state index is 6.34. The van der Waals surface area contributed by atoms with Crippen molar-refractivity contribution in [2.45, 2.75) is 38.6 Å². The van der Waals surface area contributed by atoms with E-state index in [1.807, 2.05) is 12.1 Å². The van der Waals surface area contributed by atoms with Crippen LogP contribution in [0.1, 0.15) is 44.2 Å². The summed E-state index contributed by atoms with van der Waals surface area (Å²) < 4.78 is 0. The van der Waals surface area contributed by atoms with Crippen LogP contribution < -0.4 is 5.73 Å². The highest BCUT2D eigenvalue weighted by Crippen LogP contribution is 2.45. The van der Waals surface area contributed by atoms with Crippen LogP contribution in [-0.2, 0) is 0 Å². The van der Waals surface area contributed by atoms with Crippen LogP contribution >= 0.6 is 11.6 Å². The zero-order valence-corrected chi connectivity index (χ0v) is 9.93. The number of rotatable bonds is 2. The third-order valence-electron chi connectivity index (χ3n) is 3.73. The van der Waals surface area contributed by atoms with Crippen molar-refractivity contribution in [3.63, 3.8) is 0 Å². The quantitative estimate of drug-likeness (QED) is 0.808. The van der Waals surface area contributed by atoms with Crippen LogP contribution in [0.2, 0.25) is 5.02 Å². The molecule has 15 heavy (non-hydrogen) atoms. The van der Waals surface area contributed by atoms with Gasteiger partial charge in [0, 0.05) is 11.1 Å². The Balaban J connectivity index is 2.19. The van der Waals surface area contributed by atoms with Crippen molar-refractivity contribution in [3.8, 4) is 0 Å². The van der Waals surface area contributed by atoms with E-state index in [0.717, 1.165) is 5.02 Å². The molecule has 0 aliphatic heterocycles. The summed E-state index contributed by atoms with van der Waals surface area (Å²) in [5.74, 6) is 0. The van der Waals surface area contributed by atoms with Crippen LogP contribution in [-0.4, -0.2) is 0 Å². The molecular weight excluding hydrogens is 206 g/mol. The minimum absolute atomic E-state index is 0.150. The Hall–Kier alpha value is -0.530. The van der Waals surface area contributed by atoms with Crippen LogP contribution in [0.5, 0.6) is 0 Å². The van der Waals surface area contributed by atoms with Crippen LogP contribution in [0.3, 0.4) is 0 Å². The minimum atomic E-state index is 0.150. The van der Waals surface area contributed by atoms with Gasteiger partial charge in [-0.15, -0.1) is 0 Å². The van der Waals surface area contributed by atoms with E-state index in [0.29, 0.717) is 0 Å². The molecule has 0 amide bonds. The number of hydrogen-bond acceptors (Lipinski definition) is 1. The summed E-state index contributed by atoms with van der Waals surface area (Å²) in [7, 11) is 0. The van der Waals surface area contributed by atoms with Crippen molar-refractivity contribution in [1.82, 2.24) is 0 Å². The molecule has 1 nitrogen and oxygen atoms in total. The molecule has 1 saturated carbocycles. The largest absolute Gasteiger partial charge is 0.323 e. The van der Waals surface area contributed by atoms with Crippen molar-refractivity contribution >= 4 is 11.6 Å². The standard InChI is InChI=1S/C13H18ClN/c1-13(8-2-3-9-13)12(15)10-4-6-11(14)7-5-10/h4-7,12H,2-3,8-9,15H2,1H3. The summed E-state index contributed by atoms with van der Waals surface area (Å²) in [5, 5.41) is 0.780. The maximum Gasteiger partial charge on any atom is 0.0406 e. The molecule has 1 fully saturated rings. The molecule has 0 radical (unpaired) electrons. The van der Waals surface area contributed by atoms with Gasteiger partial charge >= 0.3 is 0 Å². The van der Waals surface area contributed by atoms with Crippen LogP contribution in [0.4, 0.5) is 0 Å². The Morgan fingerprint density at radius 2 is 1.73 bits per heavy atom. The fourth-order valence-electron chi connectivity index (χ4n) is 2.57. The monoisotopic (exact) mass is 223 g/mol. The van der Waals surface area contributed by atoms with Crippen molar-refractivity contribution in [2.24, 2.45) is 11.1 Å². The first-order valence-electron chi connectivity index (χ1n) is 5.63. The lowest BCUT2D eigenvalue weighted by Gasteiger charge is -2.31. The van der Waals surface area contributed by atoms with E-state index in [2.05, 4.69) is 19.1 Å². The smallest absolute Gasteiger partial charge is 0.0406 e. The third kappa shape index (κ3) is 2.19. The Labute approximate surface area is 96.6 Å². The fourth-order valence-corrected chi connectivity index (χ4v) is 2.69. The summed E-state index contributed by atoms with van der Waals surface area (Å²) in [6, 6.07) is 8.11. The van der Waals surface area contributed by atoms with Gasteiger partial charge in [-0.1, -0.05) is 43.5 Å². The Bertz CT molecular complexity index is 325. The zero-order chi connectivity index (χ0) is 10.9. The molecule has 1 aromatic rings. The topological polar surface area (TPSA) is 26.0 Å². The first-order valence-corrected chi connectivity index (χ1v) is 6.01. The number of benzene rings is 1. The van der Waals surface area contributed by atoms with Crippen LogP contribution in [0.15, 0.2) is 24.3 Å². The molecular formula is C13H18ClN. The van der Waals surface area contributed by atoms with Gasteiger partial charge in [0.15, 0.2) is 0 Å². The molecule has 0 spiro atoms. The molecule has 1 atom stereocenters. The molecule has 1 aliphatic rings. The number of halogens is 1. The van der Waals surface area contributed by atoms with Crippen molar-refractivity contribution in [2.75, 3.05) is 0 Å². The second-order valence-corrected chi connectivity index (χ2v) is 5.33. The molecule has 2 heteroatoms. The summed E-state index contributed by atoms with van der Waals surface area (Å²) in [5.41, 5.74) is 7.84. The lowest BCUT2D eigenvalue weighted by molar-refractivity contribution is 0.265. The van der Waals surface area contributed by atoms with Gasteiger partial charge in [-0.2, -0.15) is 0 Å². The minimum Gasteiger partial charge on any atom is -0.323 e. The van der Waals surface area contributed by atoms with E-state index in [4.69, 9.17) is 17.3 Å². The SMILES string of the molecule is CC1(C(N)c2ccc(Cl)cc2)CCCC1. The summed E-state index contributed by atoms with van der Waals surface area (Å²) >= 11 is 5.87. The highest BCUT2D eigenvalue weighted by atomic mass is 35.5. The van der Waals surface area contributed by atoms with Gasteiger partial charge in [-0.3, -0.25) is 0 Å². The van der Waals surface area contributed by atoms with E-state index in [9.17, 15) is 0 Å². The average Bonchev–Trinajstić information content (AvgIpc) is 2.67. The fraction of sp³-hybridized carbons (Fsp3) is 0.538. The normalized spacial score (nSPS) is 21.5. The maximum atomic E-state index is 6.34. The Kier molecular flexibility index (Phi) is 3.03. The Morgan fingerprint density at radius 1 is 1.20 bits per heavy atom. The van der Waals surface area contributed by atoms with Gasteiger partial charge in [0.05, 0.1) is 0 Å². The highest BCUT2D eigenvalue weighted by molar-refractivity contribution is 6.30. The molecule has 1 unspecified atom stereocenters. The van der Waals surface area contributed by atoms with E-state index in [1.54, 1.807) is 0 Å². The van der Waals surface area contributed by atoms with Crippen molar-refractivity contribution in [1.29, 1.82) is 0 Å². The first kappa shape index (κ1) is 11.0. The second-order valence-electron chi connectivity index (χ2n) is 4.89. The highest BCUT2D eigenvalue weighted by Gasteiger charge is 2.35. The van der Waals surface area contributed by atoms with E-state index in [-0.39, 0.29) is 11.5 Å². The first-order chi connectivity index (χ1) is 7.12. The van der Waals surface area contributed by atoms with Gasteiger partial charge < -0.3 is 5.73 Å². The molecule has 82 valence electrons. The van der Waals surface area contributed by atoms with Gasteiger partial charge in [0.25, 0.3) is 0 Å². The molecule has 2 rings (SSSR count). The van der Waals surface area contributed by atoms with E-state index in [1.165, 1.54) is 31.2 Å². The molecule has 0 heterocycles. The summed E-state index contributed by atoms with van der Waals surface area (Å²) in [6.07, 6.45) is 5.13. The van der Waals surface area contributed by atoms with Crippen molar-refractivity contribution in [3.05, 3.63) is 34.9 Å². The van der Waals surface area contributed by atoms with Gasteiger partial charge in [-0.25, -0.2) is 0 Å². The predicted octanol–water partition coefficient (Wildman–Crippen LogP) is 3.92. The van der Waals surface area contributed by atoms with E-state index >= 15 is 0 Å². The Morgan fingerprint density at radius 3 is 2.27 bits per heavy atom. The molecule has 0 saturated heterocycles. The van der Waals surface area contributed by atoms with Gasteiger partial charge in [0.2, 0.25) is 0 Å². The zero-order valence-electron chi connectivity index (χ0n) is 9.17. The summed E-state index contributed by atoms with van der Waals surface area (Å²) in [4.78, 5) is 0. The molecule has 2 N–H and O–H groups in total. The number of nitrogens with two attached hydrogens (primary N) is 1. The van der Waals surface area contributed by atoms with Crippen molar-refractivity contribution < 1.29 is 0 Å². The second kappa shape index (κ2) is 4.15. The van der Waals surface area contributed by atoms with Crippen LogP contribution in [0.25, 0.3) is 0 Å². The molecule has 0 aromatic heterocycles. The van der Waals surface area contributed by atoms with Gasteiger partial charge in [0.1, 0.15) is 0 Å². The molecule has 1 aromatic carbocycles. The number of hydrogen-bond donors (Lipinski definition) is 1. The van der Waals surface area contributed by atoms with Gasteiger partial charge in [-0.05, 0) is 36.0 Å². The average molecular weight is 224 g/mol. The summed E-state index contributed by atoms with van der Waals surface area (Å²) in [6.45, 7) is 2.30. The molecule has 1 aliphatic carbocycles. The lowest BCUT2D eigenvalue weighted by atomic mass is 9.78. The van der Waals surface area contributed by atoms with Crippen LogP contribution in [0, 0.1) is 5.41 Å². The third-order valence-corrected chi connectivity index (χ3v) is 3.98. The van der Waals surface area contributed by atoms with E-state index < -0.39 is 0 Å². The predicted molar refractivity (Wildman–Crippen MR) is 65.0 cm³/mol. The molecule has 0 bridgehead atoms. The lowest BCUT2D eigenvalue weighted by Crippen LogP contribution is -2.29.